The summed E-state index contributed by atoms with van der Waals surface area (Å²) in [6.45, 7) is 12.1. The van der Waals surface area contributed by atoms with Gasteiger partial charge in [0, 0.05) is 19.2 Å². The van der Waals surface area contributed by atoms with E-state index in [-0.39, 0.29) is 0 Å². The van der Waals surface area contributed by atoms with Gasteiger partial charge in [0.15, 0.2) is 0 Å². The maximum absolute atomic E-state index is 5.11. The van der Waals surface area contributed by atoms with Gasteiger partial charge in [-0.1, -0.05) is 20.3 Å². The van der Waals surface area contributed by atoms with Crippen molar-refractivity contribution in [3.8, 4) is 0 Å². The number of nitrogens with zero attached hydrogens (tertiary/aromatic N) is 1. The summed E-state index contributed by atoms with van der Waals surface area (Å²) in [7, 11) is 1.76. The van der Waals surface area contributed by atoms with Gasteiger partial charge in [-0.15, -0.1) is 0 Å². The van der Waals surface area contributed by atoms with Crippen molar-refractivity contribution in [3.63, 3.8) is 0 Å². The fraction of sp³-hybridized carbons (Fsp3) is 1.00. The first-order chi connectivity index (χ1) is 6.08. The van der Waals surface area contributed by atoms with Gasteiger partial charge in [-0.2, -0.15) is 0 Å². The second-order valence-electron chi connectivity index (χ2n) is 4.13. The Morgan fingerprint density at radius 3 is 2.23 bits per heavy atom. The summed E-state index contributed by atoms with van der Waals surface area (Å²) in [5.74, 6) is 0. The van der Waals surface area contributed by atoms with Crippen LogP contribution in [0.15, 0.2) is 0 Å². The fourth-order valence-corrected chi connectivity index (χ4v) is 1.86. The first-order valence-electron chi connectivity index (χ1n) is 5.32. The molecule has 0 aromatic carbocycles. The molecule has 0 aliphatic heterocycles. The van der Waals surface area contributed by atoms with E-state index in [0.29, 0.717) is 5.54 Å². The molecule has 0 heterocycles. The average Bonchev–Trinajstić information content (AvgIpc) is 2.05. The van der Waals surface area contributed by atoms with Gasteiger partial charge in [0.25, 0.3) is 0 Å². The highest BCUT2D eigenvalue weighted by molar-refractivity contribution is 4.79. The molecule has 0 aliphatic carbocycles. The lowest BCUT2D eigenvalue weighted by molar-refractivity contribution is 0.0757. The Hall–Kier alpha value is -0.0800. The Bertz CT molecular complexity index is 123. The number of rotatable bonds is 7. The van der Waals surface area contributed by atoms with E-state index in [1.807, 2.05) is 0 Å². The third-order valence-corrected chi connectivity index (χ3v) is 2.66. The molecule has 0 atom stereocenters. The van der Waals surface area contributed by atoms with E-state index in [9.17, 15) is 0 Å². The van der Waals surface area contributed by atoms with Crippen molar-refractivity contribution in [3.05, 3.63) is 0 Å². The van der Waals surface area contributed by atoms with Crippen LogP contribution in [0.4, 0.5) is 0 Å². The van der Waals surface area contributed by atoms with Crippen LogP contribution in [0.1, 0.15) is 40.5 Å². The Labute approximate surface area is 83.3 Å². The molecule has 0 amide bonds. The van der Waals surface area contributed by atoms with E-state index >= 15 is 0 Å². The summed E-state index contributed by atoms with van der Waals surface area (Å²) in [4.78, 5) is 2.49. The third-order valence-electron chi connectivity index (χ3n) is 2.66. The minimum absolute atomic E-state index is 0.321. The highest BCUT2D eigenvalue weighted by atomic mass is 16.5. The van der Waals surface area contributed by atoms with Crippen molar-refractivity contribution in [1.82, 2.24) is 4.90 Å². The van der Waals surface area contributed by atoms with Crippen LogP contribution in [0, 0.1) is 0 Å². The predicted molar refractivity (Wildman–Crippen MR) is 58.1 cm³/mol. The minimum Gasteiger partial charge on any atom is -0.383 e. The third kappa shape index (κ3) is 4.63. The smallest absolute Gasteiger partial charge is 0.0589 e. The molecule has 0 saturated carbocycles. The Kier molecular flexibility index (Phi) is 6.35. The van der Waals surface area contributed by atoms with Gasteiger partial charge in [0.05, 0.1) is 6.61 Å². The quantitative estimate of drug-likeness (QED) is 0.607. The zero-order valence-corrected chi connectivity index (χ0v) is 9.89. The standard InChI is InChI=1S/C11H25NO/c1-6-8-11(3,4)12(7-2)9-10-13-5/h6-10H2,1-5H3. The van der Waals surface area contributed by atoms with Crippen LogP contribution in [0.25, 0.3) is 0 Å². The topological polar surface area (TPSA) is 12.5 Å². The van der Waals surface area contributed by atoms with Gasteiger partial charge in [0.2, 0.25) is 0 Å². The molecule has 0 unspecified atom stereocenters. The van der Waals surface area contributed by atoms with E-state index < -0.39 is 0 Å². The summed E-state index contributed by atoms with van der Waals surface area (Å²) in [6, 6.07) is 0. The molecule has 0 saturated heterocycles. The van der Waals surface area contributed by atoms with Crippen LogP contribution in [0.2, 0.25) is 0 Å². The summed E-state index contributed by atoms with van der Waals surface area (Å²) < 4.78 is 5.11. The second-order valence-corrected chi connectivity index (χ2v) is 4.13. The molecule has 0 N–H and O–H groups in total. The van der Waals surface area contributed by atoms with E-state index in [1.54, 1.807) is 7.11 Å². The monoisotopic (exact) mass is 187 g/mol. The van der Waals surface area contributed by atoms with Gasteiger partial charge < -0.3 is 4.74 Å². The van der Waals surface area contributed by atoms with Crippen molar-refractivity contribution < 1.29 is 4.74 Å². The molecule has 2 nitrogen and oxygen atoms in total. The number of hydrogen-bond donors (Lipinski definition) is 0. The molecule has 13 heavy (non-hydrogen) atoms. The molecule has 0 fully saturated rings. The Morgan fingerprint density at radius 2 is 1.85 bits per heavy atom. The van der Waals surface area contributed by atoms with Gasteiger partial charge in [0.1, 0.15) is 0 Å². The van der Waals surface area contributed by atoms with Crippen LogP contribution in [0.5, 0.6) is 0 Å². The van der Waals surface area contributed by atoms with Crippen molar-refractivity contribution in [1.29, 1.82) is 0 Å². The van der Waals surface area contributed by atoms with Crippen LogP contribution in [-0.2, 0) is 4.74 Å². The van der Waals surface area contributed by atoms with Crippen LogP contribution < -0.4 is 0 Å². The van der Waals surface area contributed by atoms with Gasteiger partial charge in [-0.05, 0) is 26.8 Å². The van der Waals surface area contributed by atoms with E-state index in [0.717, 1.165) is 19.7 Å². The molecule has 0 aromatic heterocycles. The van der Waals surface area contributed by atoms with Crippen LogP contribution in [0.3, 0.4) is 0 Å². The predicted octanol–water partition coefficient (Wildman–Crippen LogP) is 2.53. The number of hydrogen-bond acceptors (Lipinski definition) is 2. The highest BCUT2D eigenvalue weighted by Gasteiger charge is 2.23. The van der Waals surface area contributed by atoms with Crippen molar-refractivity contribution in [2.75, 3.05) is 26.8 Å². The van der Waals surface area contributed by atoms with E-state index in [4.69, 9.17) is 4.74 Å². The first-order valence-corrected chi connectivity index (χ1v) is 5.32. The van der Waals surface area contributed by atoms with E-state index in [2.05, 4.69) is 32.6 Å². The molecule has 0 aromatic rings. The van der Waals surface area contributed by atoms with Crippen molar-refractivity contribution in [2.24, 2.45) is 0 Å². The van der Waals surface area contributed by atoms with Gasteiger partial charge in [-0.3, -0.25) is 4.90 Å². The molecule has 0 rings (SSSR count). The number of methoxy groups -OCH3 is 1. The molecule has 0 spiro atoms. The first kappa shape index (κ1) is 12.9. The summed E-state index contributed by atoms with van der Waals surface area (Å²) in [5, 5.41) is 0. The lowest BCUT2D eigenvalue weighted by Crippen LogP contribution is -2.45. The second kappa shape index (κ2) is 6.39. The summed E-state index contributed by atoms with van der Waals surface area (Å²) in [6.07, 6.45) is 2.50. The zero-order valence-electron chi connectivity index (χ0n) is 9.89. The lowest BCUT2D eigenvalue weighted by Gasteiger charge is -2.37. The maximum atomic E-state index is 5.11. The Balaban J connectivity index is 4.02. The average molecular weight is 187 g/mol. The van der Waals surface area contributed by atoms with Crippen molar-refractivity contribution in [2.45, 2.75) is 46.1 Å². The summed E-state index contributed by atoms with van der Waals surface area (Å²) >= 11 is 0. The zero-order chi connectivity index (χ0) is 10.3. The maximum Gasteiger partial charge on any atom is 0.0589 e. The lowest BCUT2D eigenvalue weighted by atomic mass is 9.96. The molecule has 0 bridgehead atoms. The normalized spacial score (nSPS) is 12.5. The van der Waals surface area contributed by atoms with Crippen LogP contribution in [-0.4, -0.2) is 37.2 Å². The number of likely N-dealkylation sites (N-methyl/N-ethyl adjacent to an activating group) is 1. The van der Waals surface area contributed by atoms with Crippen LogP contribution >= 0.6 is 0 Å². The Morgan fingerprint density at radius 1 is 1.23 bits per heavy atom. The SMILES string of the molecule is CCCC(C)(C)N(CC)CCOC. The van der Waals surface area contributed by atoms with Gasteiger partial charge >= 0.3 is 0 Å². The largest absolute Gasteiger partial charge is 0.383 e. The fourth-order valence-electron chi connectivity index (χ4n) is 1.86. The molecule has 0 aliphatic rings. The van der Waals surface area contributed by atoms with E-state index in [1.165, 1.54) is 12.8 Å². The molecule has 80 valence electrons. The van der Waals surface area contributed by atoms with Gasteiger partial charge in [-0.25, -0.2) is 0 Å². The molecule has 0 radical (unpaired) electrons. The molecule has 2 heteroatoms. The summed E-state index contributed by atoms with van der Waals surface area (Å²) in [5.41, 5.74) is 0.321. The highest BCUT2D eigenvalue weighted by Crippen LogP contribution is 2.19. The number of ether oxygens (including phenoxy) is 1. The molecular weight excluding hydrogens is 162 g/mol. The van der Waals surface area contributed by atoms with Crippen molar-refractivity contribution >= 4 is 0 Å². The minimum atomic E-state index is 0.321. The molecular formula is C11H25NO.